The molecule has 2 rings (SSSR count). The minimum Gasteiger partial charge on any atom is -0.376 e. The Morgan fingerprint density at radius 1 is 1.00 bits per heavy atom. The Balaban J connectivity index is 2.12. The number of hydrogen-bond acceptors (Lipinski definition) is 3. The van der Waals surface area contributed by atoms with Gasteiger partial charge in [0.25, 0.3) is 0 Å². The van der Waals surface area contributed by atoms with Gasteiger partial charge in [0.1, 0.15) is 6.10 Å². The van der Waals surface area contributed by atoms with Crippen molar-refractivity contribution in [2.45, 2.75) is 11.0 Å². The minimum absolute atomic E-state index is 0.571. The zero-order chi connectivity index (χ0) is 14.4. The van der Waals surface area contributed by atoms with Gasteiger partial charge >= 0.3 is 0 Å². The van der Waals surface area contributed by atoms with Crippen LogP contribution in [0.25, 0.3) is 0 Å². The average molecular weight is 279 g/mol. The molecule has 0 amide bonds. The molecule has 0 fully saturated rings. The Hall–Kier alpha value is -2.20. The molecular formula is C17H13NOS. The lowest BCUT2D eigenvalue weighted by molar-refractivity contribution is 0.238. The number of benzene rings is 2. The van der Waals surface area contributed by atoms with Gasteiger partial charge in [0.2, 0.25) is 0 Å². The van der Waals surface area contributed by atoms with Gasteiger partial charge in [-0.2, -0.15) is 5.26 Å². The fraction of sp³-hybridized carbons (Fsp3) is 0.118. The SMILES string of the molecule is CSc1ccc(C#C[C@H](O)c2ccc(C#N)cc2)cc1. The Morgan fingerprint density at radius 3 is 2.15 bits per heavy atom. The number of nitriles is 1. The van der Waals surface area contributed by atoms with Crippen molar-refractivity contribution in [1.29, 1.82) is 5.26 Å². The summed E-state index contributed by atoms with van der Waals surface area (Å²) in [5.41, 5.74) is 2.13. The van der Waals surface area contributed by atoms with Gasteiger partial charge < -0.3 is 5.11 Å². The van der Waals surface area contributed by atoms with Crippen molar-refractivity contribution in [3.8, 4) is 17.9 Å². The van der Waals surface area contributed by atoms with Crippen molar-refractivity contribution in [2.24, 2.45) is 0 Å². The number of nitrogens with zero attached hydrogens (tertiary/aromatic N) is 1. The zero-order valence-electron chi connectivity index (χ0n) is 11.0. The van der Waals surface area contributed by atoms with E-state index in [1.54, 1.807) is 36.0 Å². The molecule has 0 heterocycles. The van der Waals surface area contributed by atoms with Gasteiger partial charge in [-0.1, -0.05) is 24.0 Å². The van der Waals surface area contributed by atoms with Gasteiger partial charge in [0.05, 0.1) is 11.6 Å². The lowest BCUT2D eigenvalue weighted by Gasteiger charge is -2.03. The topological polar surface area (TPSA) is 44.0 Å². The summed E-state index contributed by atoms with van der Waals surface area (Å²) >= 11 is 1.68. The van der Waals surface area contributed by atoms with E-state index in [2.05, 4.69) is 11.8 Å². The molecule has 0 aliphatic heterocycles. The van der Waals surface area contributed by atoms with Gasteiger partial charge in [-0.05, 0) is 48.2 Å². The van der Waals surface area contributed by atoms with E-state index >= 15 is 0 Å². The van der Waals surface area contributed by atoms with E-state index in [0.29, 0.717) is 11.1 Å². The molecule has 0 saturated heterocycles. The van der Waals surface area contributed by atoms with Gasteiger partial charge in [-0.15, -0.1) is 11.8 Å². The maximum atomic E-state index is 9.99. The number of rotatable bonds is 2. The van der Waals surface area contributed by atoms with E-state index in [9.17, 15) is 5.11 Å². The summed E-state index contributed by atoms with van der Waals surface area (Å²) in [6.45, 7) is 0. The largest absolute Gasteiger partial charge is 0.376 e. The third-order valence-corrected chi connectivity index (χ3v) is 3.54. The molecule has 1 N–H and O–H groups in total. The normalized spacial score (nSPS) is 11.1. The number of aliphatic hydroxyl groups is 1. The summed E-state index contributed by atoms with van der Waals surface area (Å²) in [6, 6.07) is 16.7. The molecular weight excluding hydrogens is 266 g/mol. The molecule has 0 aromatic heterocycles. The standard InChI is InChI=1S/C17H13NOS/c1-20-16-9-4-13(5-10-16)6-11-17(19)15-7-2-14(12-18)3-8-15/h2-5,7-10,17,19H,1H3/t17-/m0/s1. The molecule has 2 nitrogen and oxygen atoms in total. The molecule has 0 unspecified atom stereocenters. The number of aliphatic hydroxyl groups excluding tert-OH is 1. The lowest BCUT2D eigenvalue weighted by Crippen LogP contribution is -1.93. The molecule has 0 radical (unpaired) electrons. The van der Waals surface area contributed by atoms with Crippen molar-refractivity contribution in [2.75, 3.05) is 6.26 Å². The van der Waals surface area contributed by atoms with E-state index in [1.807, 2.05) is 36.6 Å². The van der Waals surface area contributed by atoms with Crippen LogP contribution in [-0.2, 0) is 0 Å². The average Bonchev–Trinajstić information content (AvgIpc) is 2.53. The van der Waals surface area contributed by atoms with E-state index in [0.717, 1.165) is 5.56 Å². The van der Waals surface area contributed by atoms with Crippen LogP contribution in [0.1, 0.15) is 22.8 Å². The van der Waals surface area contributed by atoms with Crippen LogP contribution in [0.2, 0.25) is 0 Å². The summed E-state index contributed by atoms with van der Waals surface area (Å²) < 4.78 is 0. The van der Waals surface area contributed by atoms with Crippen molar-refractivity contribution in [3.05, 3.63) is 65.2 Å². The van der Waals surface area contributed by atoms with Gasteiger partial charge in [0.15, 0.2) is 0 Å². The zero-order valence-corrected chi connectivity index (χ0v) is 11.8. The molecule has 0 saturated carbocycles. The summed E-state index contributed by atoms with van der Waals surface area (Å²) in [5, 5.41) is 18.7. The number of hydrogen-bond donors (Lipinski definition) is 1. The van der Waals surface area contributed by atoms with E-state index in [1.165, 1.54) is 4.90 Å². The molecule has 0 bridgehead atoms. The summed E-state index contributed by atoms with van der Waals surface area (Å²) in [4.78, 5) is 1.18. The second-order valence-corrected chi connectivity index (χ2v) is 5.01. The Labute approximate surface area is 123 Å². The summed E-state index contributed by atoms with van der Waals surface area (Å²) in [6.07, 6.45) is 1.18. The van der Waals surface area contributed by atoms with Crippen molar-refractivity contribution >= 4 is 11.8 Å². The first-order valence-electron chi connectivity index (χ1n) is 6.06. The molecule has 2 aromatic rings. The first-order chi connectivity index (χ1) is 9.72. The van der Waals surface area contributed by atoms with Crippen LogP contribution in [0.3, 0.4) is 0 Å². The quantitative estimate of drug-likeness (QED) is 0.677. The van der Waals surface area contributed by atoms with Crippen molar-refractivity contribution in [3.63, 3.8) is 0 Å². The third-order valence-electron chi connectivity index (χ3n) is 2.80. The van der Waals surface area contributed by atoms with Crippen LogP contribution >= 0.6 is 11.8 Å². The fourth-order valence-electron chi connectivity index (χ4n) is 1.65. The van der Waals surface area contributed by atoms with Crippen LogP contribution in [-0.4, -0.2) is 11.4 Å². The fourth-order valence-corrected chi connectivity index (χ4v) is 2.06. The predicted molar refractivity (Wildman–Crippen MR) is 81.2 cm³/mol. The first-order valence-corrected chi connectivity index (χ1v) is 7.29. The molecule has 0 aliphatic carbocycles. The molecule has 2 aromatic carbocycles. The van der Waals surface area contributed by atoms with Crippen LogP contribution in [0.15, 0.2) is 53.4 Å². The molecule has 0 aliphatic rings. The summed E-state index contributed by atoms with van der Waals surface area (Å²) in [7, 11) is 0. The third kappa shape index (κ3) is 3.65. The van der Waals surface area contributed by atoms with Crippen molar-refractivity contribution in [1.82, 2.24) is 0 Å². The van der Waals surface area contributed by atoms with Crippen LogP contribution in [0.4, 0.5) is 0 Å². The van der Waals surface area contributed by atoms with E-state index < -0.39 is 6.10 Å². The van der Waals surface area contributed by atoms with E-state index in [4.69, 9.17) is 5.26 Å². The first kappa shape index (κ1) is 14.2. The van der Waals surface area contributed by atoms with Crippen LogP contribution < -0.4 is 0 Å². The highest BCUT2D eigenvalue weighted by atomic mass is 32.2. The van der Waals surface area contributed by atoms with Crippen LogP contribution in [0.5, 0.6) is 0 Å². The smallest absolute Gasteiger partial charge is 0.140 e. The molecule has 20 heavy (non-hydrogen) atoms. The monoisotopic (exact) mass is 279 g/mol. The predicted octanol–water partition coefficient (Wildman–Crippen LogP) is 3.37. The maximum absolute atomic E-state index is 9.99. The van der Waals surface area contributed by atoms with E-state index in [-0.39, 0.29) is 0 Å². The summed E-state index contributed by atoms with van der Waals surface area (Å²) in [5.74, 6) is 5.75. The van der Waals surface area contributed by atoms with Crippen LogP contribution in [0, 0.1) is 23.2 Å². The van der Waals surface area contributed by atoms with Gasteiger partial charge in [-0.3, -0.25) is 0 Å². The second-order valence-electron chi connectivity index (χ2n) is 4.13. The van der Waals surface area contributed by atoms with Gasteiger partial charge in [0, 0.05) is 10.5 Å². The highest BCUT2D eigenvalue weighted by molar-refractivity contribution is 7.98. The minimum atomic E-state index is -0.844. The van der Waals surface area contributed by atoms with Crippen molar-refractivity contribution < 1.29 is 5.11 Å². The molecule has 0 spiro atoms. The lowest BCUT2D eigenvalue weighted by atomic mass is 10.1. The molecule has 98 valence electrons. The highest BCUT2D eigenvalue weighted by Crippen LogP contribution is 2.15. The molecule has 1 atom stereocenters. The Kier molecular flexibility index (Phi) is 4.85. The highest BCUT2D eigenvalue weighted by Gasteiger charge is 2.03. The second kappa shape index (κ2) is 6.82. The maximum Gasteiger partial charge on any atom is 0.140 e. The Bertz CT molecular complexity index is 672. The Morgan fingerprint density at radius 2 is 1.60 bits per heavy atom. The number of thioether (sulfide) groups is 1. The molecule has 3 heteroatoms. The van der Waals surface area contributed by atoms with Gasteiger partial charge in [-0.25, -0.2) is 0 Å².